The summed E-state index contributed by atoms with van der Waals surface area (Å²) in [5.74, 6) is 0.273. The van der Waals surface area contributed by atoms with E-state index in [1.807, 2.05) is 36.4 Å². The smallest absolute Gasteiger partial charge is 0.165 e. The highest BCUT2D eigenvalue weighted by Crippen LogP contribution is 2.27. The SMILES string of the molecule is Fc1ccccc1OCCN1CCC(CN[C@H](c2ccc(Cl)cc2)c2ccccc2F)CC1. The molecular weight excluding hydrogens is 442 g/mol. The van der Waals surface area contributed by atoms with E-state index in [1.54, 1.807) is 24.3 Å². The van der Waals surface area contributed by atoms with Crippen LogP contribution in [-0.2, 0) is 0 Å². The minimum absolute atomic E-state index is 0.213. The number of nitrogens with zero attached hydrogens (tertiary/aromatic N) is 1. The number of benzene rings is 3. The summed E-state index contributed by atoms with van der Waals surface area (Å²) in [5, 5.41) is 4.26. The van der Waals surface area contributed by atoms with Crippen molar-refractivity contribution in [3.05, 3.63) is 101 Å². The van der Waals surface area contributed by atoms with Gasteiger partial charge in [-0.05, 0) is 74.3 Å². The quantitative estimate of drug-likeness (QED) is 0.409. The van der Waals surface area contributed by atoms with Gasteiger partial charge in [-0.2, -0.15) is 0 Å². The third kappa shape index (κ3) is 6.53. The molecule has 1 heterocycles. The number of likely N-dealkylation sites (tertiary alicyclic amines) is 1. The molecular formula is C27H29ClF2N2O. The Hall–Kier alpha value is -2.47. The molecule has 1 N–H and O–H groups in total. The number of halogens is 3. The van der Waals surface area contributed by atoms with Crippen LogP contribution < -0.4 is 10.1 Å². The second-order valence-electron chi connectivity index (χ2n) is 8.48. The zero-order chi connectivity index (χ0) is 23.0. The summed E-state index contributed by atoms with van der Waals surface area (Å²) in [6.45, 7) is 3.99. The fraction of sp³-hybridized carbons (Fsp3) is 0.333. The third-order valence-electron chi connectivity index (χ3n) is 6.24. The van der Waals surface area contributed by atoms with Crippen molar-refractivity contribution in [3.63, 3.8) is 0 Å². The van der Waals surface area contributed by atoms with Crippen LogP contribution in [0.4, 0.5) is 8.78 Å². The molecule has 1 fully saturated rings. The summed E-state index contributed by atoms with van der Waals surface area (Å²) in [6, 6.07) is 20.8. The topological polar surface area (TPSA) is 24.5 Å². The van der Waals surface area contributed by atoms with Crippen LogP contribution in [0.1, 0.15) is 30.0 Å². The summed E-state index contributed by atoms with van der Waals surface area (Å²) in [6.07, 6.45) is 2.11. The zero-order valence-electron chi connectivity index (χ0n) is 18.5. The molecule has 0 unspecified atom stereocenters. The molecule has 3 aromatic rings. The fourth-order valence-electron chi connectivity index (χ4n) is 4.32. The van der Waals surface area contributed by atoms with Gasteiger partial charge in [0.15, 0.2) is 11.6 Å². The van der Waals surface area contributed by atoms with Gasteiger partial charge in [0.25, 0.3) is 0 Å². The molecule has 4 rings (SSSR count). The predicted molar refractivity (Wildman–Crippen MR) is 129 cm³/mol. The first-order chi connectivity index (χ1) is 16.1. The van der Waals surface area contributed by atoms with E-state index in [9.17, 15) is 8.78 Å². The molecule has 0 aromatic heterocycles. The van der Waals surface area contributed by atoms with Crippen molar-refractivity contribution in [2.45, 2.75) is 18.9 Å². The van der Waals surface area contributed by atoms with Crippen LogP contribution in [0.5, 0.6) is 5.75 Å². The molecule has 3 aromatic carbocycles. The summed E-state index contributed by atoms with van der Waals surface area (Å²) in [4.78, 5) is 2.35. The molecule has 0 amide bonds. The summed E-state index contributed by atoms with van der Waals surface area (Å²) < 4.78 is 33.8. The van der Waals surface area contributed by atoms with E-state index >= 15 is 0 Å². The number of hydrogen-bond acceptors (Lipinski definition) is 3. The van der Waals surface area contributed by atoms with Crippen LogP contribution in [0.15, 0.2) is 72.8 Å². The second-order valence-corrected chi connectivity index (χ2v) is 8.91. The lowest BCUT2D eigenvalue weighted by Gasteiger charge is -2.33. The average Bonchev–Trinajstić information content (AvgIpc) is 2.83. The fourth-order valence-corrected chi connectivity index (χ4v) is 4.44. The van der Waals surface area contributed by atoms with Crippen molar-refractivity contribution in [3.8, 4) is 5.75 Å². The van der Waals surface area contributed by atoms with E-state index in [1.165, 1.54) is 12.1 Å². The van der Waals surface area contributed by atoms with E-state index in [0.717, 1.165) is 44.6 Å². The zero-order valence-corrected chi connectivity index (χ0v) is 19.3. The van der Waals surface area contributed by atoms with Gasteiger partial charge in [-0.3, -0.25) is 4.90 Å². The van der Waals surface area contributed by atoms with Gasteiger partial charge in [0.2, 0.25) is 0 Å². The monoisotopic (exact) mass is 470 g/mol. The molecule has 1 saturated heterocycles. The number of piperidine rings is 1. The highest BCUT2D eigenvalue weighted by molar-refractivity contribution is 6.30. The third-order valence-corrected chi connectivity index (χ3v) is 6.49. The normalized spacial score (nSPS) is 16.0. The Kier molecular flexibility index (Phi) is 8.32. The lowest BCUT2D eigenvalue weighted by molar-refractivity contribution is 0.151. The van der Waals surface area contributed by atoms with Gasteiger partial charge in [0, 0.05) is 17.1 Å². The van der Waals surface area contributed by atoms with E-state index in [0.29, 0.717) is 28.9 Å². The average molecular weight is 471 g/mol. The first-order valence-corrected chi connectivity index (χ1v) is 11.8. The Morgan fingerprint density at radius 2 is 1.58 bits per heavy atom. The van der Waals surface area contributed by atoms with Crippen molar-refractivity contribution in [1.29, 1.82) is 0 Å². The predicted octanol–water partition coefficient (Wildman–Crippen LogP) is 6.09. The van der Waals surface area contributed by atoms with Crippen LogP contribution in [0.25, 0.3) is 0 Å². The number of rotatable bonds is 9. The highest BCUT2D eigenvalue weighted by atomic mass is 35.5. The van der Waals surface area contributed by atoms with Gasteiger partial charge in [-0.25, -0.2) is 8.78 Å². The standard InChI is InChI=1S/C27H29ClF2N2O/c28-22-11-9-21(10-12-22)27(23-5-1-2-6-24(23)29)31-19-20-13-15-32(16-14-20)17-18-33-26-8-4-3-7-25(26)30/h1-12,20,27,31H,13-19H2/t27-/m1/s1. The maximum atomic E-state index is 14.6. The molecule has 1 aliphatic heterocycles. The minimum atomic E-state index is -0.327. The van der Waals surface area contributed by atoms with Crippen LogP contribution in [-0.4, -0.2) is 37.7 Å². The lowest BCUT2D eigenvalue weighted by atomic mass is 9.94. The summed E-state index contributed by atoms with van der Waals surface area (Å²) >= 11 is 6.06. The van der Waals surface area contributed by atoms with Crippen LogP contribution >= 0.6 is 11.6 Å². The van der Waals surface area contributed by atoms with Crippen LogP contribution in [0, 0.1) is 17.6 Å². The van der Waals surface area contributed by atoms with Crippen LogP contribution in [0.3, 0.4) is 0 Å². The Balaban J connectivity index is 1.28. The Bertz CT molecular complexity index is 1020. The molecule has 1 aliphatic rings. The number of ether oxygens (including phenoxy) is 1. The first kappa shape index (κ1) is 23.7. The Morgan fingerprint density at radius 1 is 0.909 bits per heavy atom. The number of nitrogens with one attached hydrogen (secondary N) is 1. The molecule has 1 atom stereocenters. The van der Waals surface area contributed by atoms with E-state index in [4.69, 9.17) is 16.3 Å². The van der Waals surface area contributed by atoms with Crippen molar-refractivity contribution in [2.24, 2.45) is 5.92 Å². The minimum Gasteiger partial charge on any atom is -0.489 e. The number of para-hydroxylation sites is 1. The highest BCUT2D eigenvalue weighted by Gasteiger charge is 2.22. The lowest BCUT2D eigenvalue weighted by Crippen LogP contribution is -2.40. The van der Waals surface area contributed by atoms with E-state index in [2.05, 4.69) is 10.2 Å². The van der Waals surface area contributed by atoms with Gasteiger partial charge >= 0.3 is 0 Å². The van der Waals surface area contributed by atoms with Crippen molar-refractivity contribution in [2.75, 3.05) is 32.8 Å². The van der Waals surface area contributed by atoms with Gasteiger partial charge in [0.1, 0.15) is 12.4 Å². The van der Waals surface area contributed by atoms with Gasteiger partial charge in [0.05, 0.1) is 6.04 Å². The van der Waals surface area contributed by atoms with Gasteiger partial charge in [-0.1, -0.05) is 54.1 Å². The first-order valence-electron chi connectivity index (χ1n) is 11.4. The largest absolute Gasteiger partial charge is 0.489 e. The molecule has 0 radical (unpaired) electrons. The van der Waals surface area contributed by atoms with Gasteiger partial charge < -0.3 is 10.1 Å². The summed E-state index contributed by atoms with van der Waals surface area (Å²) in [5.41, 5.74) is 1.63. The molecule has 0 aliphatic carbocycles. The molecule has 0 spiro atoms. The van der Waals surface area contributed by atoms with E-state index in [-0.39, 0.29) is 17.7 Å². The molecule has 174 valence electrons. The summed E-state index contributed by atoms with van der Waals surface area (Å²) in [7, 11) is 0. The van der Waals surface area contributed by atoms with Gasteiger partial charge in [-0.15, -0.1) is 0 Å². The Morgan fingerprint density at radius 3 is 2.27 bits per heavy atom. The van der Waals surface area contributed by atoms with Crippen molar-refractivity contribution in [1.82, 2.24) is 10.2 Å². The number of hydrogen-bond donors (Lipinski definition) is 1. The second kappa shape index (κ2) is 11.6. The Labute approximate surface area is 199 Å². The molecule has 33 heavy (non-hydrogen) atoms. The molecule has 6 heteroatoms. The maximum absolute atomic E-state index is 14.6. The van der Waals surface area contributed by atoms with Crippen molar-refractivity contribution < 1.29 is 13.5 Å². The molecule has 3 nitrogen and oxygen atoms in total. The van der Waals surface area contributed by atoms with Crippen LogP contribution in [0.2, 0.25) is 5.02 Å². The van der Waals surface area contributed by atoms with Crippen molar-refractivity contribution >= 4 is 11.6 Å². The van der Waals surface area contributed by atoms with E-state index < -0.39 is 0 Å². The maximum Gasteiger partial charge on any atom is 0.165 e. The molecule has 0 bridgehead atoms. The molecule has 0 saturated carbocycles.